The van der Waals surface area contributed by atoms with Crippen molar-refractivity contribution in [3.63, 3.8) is 0 Å². The predicted molar refractivity (Wildman–Crippen MR) is 71.8 cm³/mol. The van der Waals surface area contributed by atoms with Crippen LogP contribution in [-0.4, -0.2) is 37.6 Å². The molecule has 0 radical (unpaired) electrons. The van der Waals surface area contributed by atoms with E-state index in [-0.39, 0.29) is 17.8 Å². The Hall–Kier alpha value is -1.06. The molecule has 0 bridgehead atoms. The average Bonchev–Trinajstić information content (AvgIpc) is 2.72. The van der Waals surface area contributed by atoms with Gasteiger partial charge in [-0.05, 0) is 31.7 Å². The number of nitrogens with zero attached hydrogens (tertiary/aromatic N) is 1. The monoisotopic (exact) mass is 267 g/mol. The molecule has 2 rings (SSSR count). The van der Waals surface area contributed by atoms with Crippen LogP contribution >= 0.6 is 11.6 Å². The zero-order valence-electron chi connectivity index (χ0n) is 10.7. The highest BCUT2D eigenvalue weighted by Crippen LogP contribution is 2.33. The average molecular weight is 268 g/mol. The number of hydrogen-bond donors (Lipinski definition) is 0. The van der Waals surface area contributed by atoms with E-state index in [9.17, 15) is 4.79 Å². The van der Waals surface area contributed by atoms with Crippen LogP contribution in [-0.2, 0) is 9.53 Å². The van der Waals surface area contributed by atoms with Crippen LogP contribution < -0.4 is 0 Å². The van der Waals surface area contributed by atoms with Gasteiger partial charge >= 0.3 is 5.97 Å². The molecule has 0 aliphatic carbocycles. The van der Waals surface area contributed by atoms with Crippen LogP contribution in [0.15, 0.2) is 24.3 Å². The van der Waals surface area contributed by atoms with Crippen LogP contribution in [0, 0.1) is 5.92 Å². The van der Waals surface area contributed by atoms with Gasteiger partial charge in [-0.15, -0.1) is 0 Å². The van der Waals surface area contributed by atoms with Gasteiger partial charge in [0.05, 0.1) is 12.5 Å². The van der Waals surface area contributed by atoms with Crippen LogP contribution in [0.4, 0.5) is 0 Å². The first-order chi connectivity index (χ1) is 8.61. The molecule has 3 nitrogen and oxygen atoms in total. The van der Waals surface area contributed by atoms with Crippen molar-refractivity contribution in [3.8, 4) is 0 Å². The van der Waals surface area contributed by atoms with Gasteiger partial charge < -0.3 is 9.64 Å². The zero-order valence-corrected chi connectivity index (χ0v) is 11.5. The van der Waals surface area contributed by atoms with Crippen molar-refractivity contribution >= 4 is 17.6 Å². The number of halogens is 1. The number of hydrogen-bond acceptors (Lipinski definition) is 3. The molecule has 0 amide bonds. The van der Waals surface area contributed by atoms with E-state index in [2.05, 4.69) is 4.90 Å². The molecular weight excluding hydrogens is 250 g/mol. The minimum absolute atomic E-state index is 0.0894. The topological polar surface area (TPSA) is 29.5 Å². The summed E-state index contributed by atoms with van der Waals surface area (Å²) in [4.78, 5) is 14.1. The molecule has 1 aliphatic heterocycles. The van der Waals surface area contributed by atoms with Gasteiger partial charge in [-0.25, -0.2) is 0 Å². The van der Waals surface area contributed by atoms with Gasteiger partial charge in [0, 0.05) is 24.0 Å². The Labute approximate surface area is 113 Å². The summed E-state index contributed by atoms with van der Waals surface area (Å²) in [6.45, 7) is 3.88. The van der Waals surface area contributed by atoms with E-state index < -0.39 is 0 Å². The minimum atomic E-state index is -0.105. The van der Waals surface area contributed by atoms with Gasteiger partial charge in [0.1, 0.15) is 0 Å². The minimum Gasteiger partial charge on any atom is -0.466 e. The van der Waals surface area contributed by atoms with Crippen molar-refractivity contribution in [3.05, 3.63) is 34.9 Å². The Morgan fingerprint density at radius 1 is 1.50 bits per heavy atom. The van der Waals surface area contributed by atoms with Crippen molar-refractivity contribution in [1.82, 2.24) is 4.90 Å². The van der Waals surface area contributed by atoms with E-state index in [4.69, 9.17) is 16.3 Å². The summed E-state index contributed by atoms with van der Waals surface area (Å²) in [5.41, 5.74) is 1.12. The van der Waals surface area contributed by atoms with Crippen molar-refractivity contribution in [1.29, 1.82) is 0 Å². The fraction of sp³-hybridized carbons (Fsp3) is 0.500. The van der Waals surface area contributed by atoms with Crippen LogP contribution in [0.2, 0.25) is 5.02 Å². The highest BCUT2D eigenvalue weighted by atomic mass is 35.5. The van der Waals surface area contributed by atoms with E-state index in [0.29, 0.717) is 11.6 Å². The van der Waals surface area contributed by atoms with Gasteiger partial charge in [-0.3, -0.25) is 4.79 Å². The van der Waals surface area contributed by atoms with Crippen molar-refractivity contribution in [2.24, 2.45) is 5.92 Å². The third-order valence-electron chi connectivity index (χ3n) is 3.37. The Balaban J connectivity index is 2.21. The van der Waals surface area contributed by atoms with Crippen molar-refractivity contribution in [2.45, 2.75) is 12.8 Å². The quantitative estimate of drug-likeness (QED) is 0.789. The number of benzene rings is 1. The molecule has 1 saturated heterocycles. The lowest BCUT2D eigenvalue weighted by Crippen LogP contribution is -2.24. The summed E-state index contributed by atoms with van der Waals surface area (Å²) in [5.74, 6) is -0.0204. The second kappa shape index (κ2) is 5.72. The van der Waals surface area contributed by atoms with Crippen molar-refractivity contribution < 1.29 is 9.53 Å². The molecule has 2 unspecified atom stereocenters. The second-order valence-corrected chi connectivity index (χ2v) is 5.18. The summed E-state index contributed by atoms with van der Waals surface area (Å²) < 4.78 is 5.16. The lowest BCUT2D eigenvalue weighted by Gasteiger charge is -2.17. The molecule has 0 saturated carbocycles. The van der Waals surface area contributed by atoms with Gasteiger partial charge in [0.25, 0.3) is 0 Å². The van der Waals surface area contributed by atoms with E-state index in [0.717, 1.165) is 18.7 Å². The lowest BCUT2D eigenvalue weighted by atomic mass is 9.89. The Bertz CT molecular complexity index is 436. The maximum Gasteiger partial charge on any atom is 0.310 e. The first-order valence-electron chi connectivity index (χ1n) is 6.22. The number of ether oxygens (including phenoxy) is 1. The number of likely N-dealkylation sites (N-methyl/N-ethyl adjacent to an activating group) is 1. The molecule has 98 valence electrons. The van der Waals surface area contributed by atoms with E-state index in [1.165, 1.54) is 0 Å². The standard InChI is InChI=1S/C14H18ClNO2/c1-3-18-14(17)13-9-16(2)8-12(13)10-5-4-6-11(15)7-10/h4-7,12-13H,3,8-9H2,1-2H3. The molecule has 1 fully saturated rings. The SMILES string of the molecule is CCOC(=O)C1CN(C)CC1c1cccc(Cl)c1. The Morgan fingerprint density at radius 3 is 2.94 bits per heavy atom. The molecule has 1 aromatic rings. The predicted octanol–water partition coefficient (Wildman–Crippen LogP) is 2.55. The number of likely N-dealkylation sites (tertiary alicyclic amines) is 1. The smallest absolute Gasteiger partial charge is 0.310 e. The fourth-order valence-electron chi connectivity index (χ4n) is 2.56. The summed E-state index contributed by atoms with van der Waals surface area (Å²) in [5, 5.41) is 0.713. The first kappa shape index (κ1) is 13.4. The fourth-order valence-corrected chi connectivity index (χ4v) is 2.76. The number of esters is 1. The van der Waals surface area contributed by atoms with E-state index >= 15 is 0 Å². The molecule has 0 N–H and O–H groups in total. The molecule has 4 heteroatoms. The molecule has 1 aromatic carbocycles. The van der Waals surface area contributed by atoms with Crippen molar-refractivity contribution in [2.75, 3.05) is 26.7 Å². The number of carbonyl (C=O) groups excluding carboxylic acids is 1. The molecular formula is C14H18ClNO2. The van der Waals surface area contributed by atoms with Crippen LogP contribution in [0.5, 0.6) is 0 Å². The number of carbonyl (C=O) groups is 1. The van der Waals surface area contributed by atoms with E-state index in [1.807, 2.05) is 38.2 Å². The normalized spacial score (nSPS) is 24.2. The maximum absolute atomic E-state index is 12.0. The number of rotatable bonds is 3. The van der Waals surface area contributed by atoms with Gasteiger partial charge in [-0.1, -0.05) is 23.7 Å². The molecule has 0 spiro atoms. The highest BCUT2D eigenvalue weighted by Gasteiger charge is 2.37. The van der Waals surface area contributed by atoms with Gasteiger partial charge in [0.15, 0.2) is 0 Å². The first-order valence-corrected chi connectivity index (χ1v) is 6.60. The van der Waals surface area contributed by atoms with Gasteiger partial charge in [-0.2, -0.15) is 0 Å². The molecule has 0 aromatic heterocycles. The second-order valence-electron chi connectivity index (χ2n) is 4.74. The third-order valence-corrected chi connectivity index (χ3v) is 3.60. The van der Waals surface area contributed by atoms with Gasteiger partial charge in [0.2, 0.25) is 0 Å². The maximum atomic E-state index is 12.0. The molecule has 1 aliphatic rings. The zero-order chi connectivity index (χ0) is 13.1. The lowest BCUT2D eigenvalue weighted by molar-refractivity contribution is -0.147. The molecule has 1 heterocycles. The Kier molecular flexibility index (Phi) is 4.25. The molecule has 2 atom stereocenters. The molecule has 18 heavy (non-hydrogen) atoms. The highest BCUT2D eigenvalue weighted by molar-refractivity contribution is 6.30. The largest absolute Gasteiger partial charge is 0.466 e. The summed E-state index contributed by atoms with van der Waals surface area (Å²) in [6.07, 6.45) is 0. The summed E-state index contributed by atoms with van der Waals surface area (Å²) in [6, 6.07) is 7.75. The van der Waals surface area contributed by atoms with E-state index in [1.54, 1.807) is 0 Å². The third kappa shape index (κ3) is 2.85. The summed E-state index contributed by atoms with van der Waals surface area (Å²) >= 11 is 6.02. The Morgan fingerprint density at radius 2 is 2.28 bits per heavy atom. The van der Waals surface area contributed by atoms with Crippen LogP contribution in [0.1, 0.15) is 18.4 Å². The van der Waals surface area contributed by atoms with Crippen LogP contribution in [0.3, 0.4) is 0 Å². The van der Waals surface area contributed by atoms with Crippen LogP contribution in [0.25, 0.3) is 0 Å². The summed E-state index contributed by atoms with van der Waals surface area (Å²) in [7, 11) is 2.02.